The first-order valence-electron chi connectivity index (χ1n) is 6.79. The molecule has 21 heavy (non-hydrogen) atoms. The van der Waals surface area contributed by atoms with E-state index in [4.69, 9.17) is 9.15 Å². The number of ether oxygens (including phenoxy) is 1. The summed E-state index contributed by atoms with van der Waals surface area (Å²) < 4.78 is 24.7. The average molecular weight is 293 g/mol. The molecular weight excluding hydrogens is 277 g/mol. The molecule has 0 saturated carbocycles. The van der Waals surface area contributed by atoms with Crippen molar-refractivity contribution < 1.29 is 13.5 Å². The predicted octanol–water partition coefficient (Wildman–Crippen LogP) is 1.32. The molecule has 0 aliphatic carbocycles. The summed E-state index contributed by atoms with van der Waals surface area (Å²) in [5.74, 6) is -0.670. The van der Waals surface area contributed by atoms with Gasteiger partial charge in [-0.05, 0) is 31.2 Å². The van der Waals surface area contributed by atoms with E-state index in [9.17, 15) is 9.18 Å². The minimum absolute atomic E-state index is 0.195. The summed E-state index contributed by atoms with van der Waals surface area (Å²) in [7, 11) is 0. The number of hydrogen-bond donors (Lipinski definition) is 0. The molecule has 7 heteroatoms. The molecule has 1 saturated heterocycles. The highest BCUT2D eigenvalue weighted by atomic mass is 19.1. The van der Waals surface area contributed by atoms with Crippen molar-refractivity contribution >= 4 is 0 Å². The van der Waals surface area contributed by atoms with E-state index in [1.165, 1.54) is 28.9 Å². The van der Waals surface area contributed by atoms with Crippen molar-refractivity contribution in [3.05, 3.63) is 40.6 Å². The van der Waals surface area contributed by atoms with Crippen molar-refractivity contribution in [2.24, 2.45) is 0 Å². The van der Waals surface area contributed by atoms with Crippen LogP contribution < -0.4 is 5.76 Å². The fourth-order valence-electron chi connectivity index (χ4n) is 2.25. The number of aromatic nitrogens is 2. The lowest BCUT2D eigenvalue weighted by Gasteiger charge is -2.32. The molecule has 0 N–H and O–H groups in total. The second-order valence-electron chi connectivity index (χ2n) is 5.06. The van der Waals surface area contributed by atoms with Gasteiger partial charge in [0.25, 0.3) is 0 Å². The molecule has 2 heterocycles. The lowest BCUT2D eigenvalue weighted by Crippen LogP contribution is -2.45. The Morgan fingerprint density at radius 2 is 2.14 bits per heavy atom. The van der Waals surface area contributed by atoms with Crippen LogP contribution in [0.2, 0.25) is 0 Å². The van der Waals surface area contributed by atoms with E-state index < -0.39 is 5.76 Å². The van der Waals surface area contributed by atoms with Gasteiger partial charge in [-0.2, -0.15) is 4.68 Å². The van der Waals surface area contributed by atoms with Gasteiger partial charge >= 0.3 is 5.76 Å². The van der Waals surface area contributed by atoms with Gasteiger partial charge in [0.15, 0.2) is 0 Å². The Labute approximate surface area is 120 Å². The normalized spacial score (nSPS) is 19.8. The average Bonchev–Trinajstić information content (AvgIpc) is 2.83. The van der Waals surface area contributed by atoms with Crippen LogP contribution in [0.4, 0.5) is 4.39 Å². The fraction of sp³-hybridized carbons (Fsp3) is 0.429. The standard InChI is InChI=1S/C14H16FN3O3/c1-10-8-20-7-6-17(10)9-18-14(19)21-13(16-18)11-2-4-12(15)5-3-11/h2-5,10H,6-9H2,1H3/t10-/m0/s1. The summed E-state index contributed by atoms with van der Waals surface area (Å²) in [6.07, 6.45) is 0. The minimum atomic E-state index is -0.520. The van der Waals surface area contributed by atoms with Crippen LogP contribution in [0.3, 0.4) is 0 Å². The van der Waals surface area contributed by atoms with Crippen LogP contribution in [0.15, 0.2) is 33.5 Å². The topological polar surface area (TPSA) is 60.5 Å². The van der Waals surface area contributed by atoms with Crippen LogP contribution in [-0.4, -0.2) is 40.5 Å². The number of hydrogen-bond acceptors (Lipinski definition) is 5. The Balaban J connectivity index is 1.81. The van der Waals surface area contributed by atoms with E-state index in [1.807, 2.05) is 6.92 Å². The van der Waals surface area contributed by atoms with Crippen LogP contribution in [0.1, 0.15) is 6.92 Å². The summed E-state index contributed by atoms with van der Waals surface area (Å²) >= 11 is 0. The van der Waals surface area contributed by atoms with Crippen molar-refractivity contribution in [1.82, 2.24) is 14.7 Å². The molecule has 112 valence electrons. The molecule has 1 atom stereocenters. The smallest absolute Gasteiger partial charge is 0.388 e. The second-order valence-corrected chi connectivity index (χ2v) is 5.06. The molecule has 1 fully saturated rings. The Kier molecular flexibility index (Phi) is 3.85. The highest BCUT2D eigenvalue weighted by Crippen LogP contribution is 2.16. The van der Waals surface area contributed by atoms with Crippen LogP contribution in [0.5, 0.6) is 0 Å². The van der Waals surface area contributed by atoms with Crippen molar-refractivity contribution in [1.29, 1.82) is 0 Å². The van der Waals surface area contributed by atoms with Gasteiger partial charge in [-0.25, -0.2) is 9.18 Å². The third-order valence-corrected chi connectivity index (χ3v) is 3.52. The summed E-state index contributed by atoms with van der Waals surface area (Å²) in [6.45, 7) is 4.41. The van der Waals surface area contributed by atoms with E-state index in [1.54, 1.807) is 0 Å². The molecule has 0 spiro atoms. The molecule has 0 amide bonds. The molecule has 0 bridgehead atoms. The van der Waals surface area contributed by atoms with Crippen LogP contribution in [-0.2, 0) is 11.4 Å². The summed E-state index contributed by atoms with van der Waals surface area (Å²) in [4.78, 5) is 14.0. The van der Waals surface area contributed by atoms with E-state index in [2.05, 4.69) is 10.00 Å². The number of morpholine rings is 1. The van der Waals surface area contributed by atoms with Crippen LogP contribution in [0, 0.1) is 5.82 Å². The van der Waals surface area contributed by atoms with Gasteiger partial charge in [0.05, 0.1) is 13.2 Å². The van der Waals surface area contributed by atoms with Crippen molar-refractivity contribution in [3.8, 4) is 11.5 Å². The SMILES string of the molecule is C[C@H]1COCCN1Cn1nc(-c2ccc(F)cc2)oc1=O. The van der Waals surface area contributed by atoms with Crippen molar-refractivity contribution in [2.45, 2.75) is 19.6 Å². The van der Waals surface area contributed by atoms with Crippen LogP contribution in [0.25, 0.3) is 11.5 Å². The summed E-state index contributed by atoms with van der Waals surface area (Å²) in [5.41, 5.74) is 0.572. The summed E-state index contributed by atoms with van der Waals surface area (Å²) in [6, 6.07) is 5.89. The third-order valence-electron chi connectivity index (χ3n) is 3.52. The Morgan fingerprint density at radius 3 is 2.86 bits per heavy atom. The van der Waals surface area contributed by atoms with E-state index >= 15 is 0 Å². The Morgan fingerprint density at radius 1 is 1.38 bits per heavy atom. The number of nitrogens with zero attached hydrogens (tertiary/aromatic N) is 3. The molecule has 1 aromatic heterocycles. The third kappa shape index (κ3) is 3.03. The van der Waals surface area contributed by atoms with E-state index in [0.717, 1.165) is 6.54 Å². The van der Waals surface area contributed by atoms with Gasteiger partial charge in [0.2, 0.25) is 5.89 Å². The molecule has 0 unspecified atom stereocenters. The van der Waals surface area contributed by atoms with Gasteiger partial charge < -0.3 is 9.15 Å². The van der Waals surface area contributed by atoms with E-state index in [-0.39, 0.29) is 17.7 Å². The number of rotatable bonds is 3. The van der Waals surface area contributed by atoms with Gasteiger partial charge in [0.1, 0.15) is 12.5 Å². The maximum Gasteiger partial charge on any atom is 0.438 e. The van der Waals surface area contributed by atoms with Gasteiger partial charge in [-0.1, -0.05) is 0 Å². The first-order valence-corrected chi connectivity index (χ1v) is 6.79. The Hall–Kier alpha value is -1.99. The molecule has 6 nitrogen and oxygen atoms in total. The highest BCUT2D eigenvalue weighted by molar-refractivity contribution is 5.51. The predicted molar refractivity (Wildman–Crippen MR) is 73.1 cm³/mol. The molecule has 1 aliphatic heterocycles. The van der Waals surface area contributed by atoms with Gasteiger partial charge in [-0.15, -0.1) is 5.10 Å². The Bertz CT molecular complexity index is 665. The number of benzene rings is 1. The van der Waals surface area contributed by atoms with Gasteiger partial charge in [-0.3, -0.25) is 4.90 Å². The molecule has 0 radical (unpaired) electrons. The molecule has 3 rings (SSSR count). The zero-order valence-corrected chi connectivity index (χ0v) is 11.7. The second kappa shape index (κ2) is 5.79. The fourth-order valence-corrected chi connectivity index (χ4v) is 2.25. The van der Waals surface area contributed by atoms with Crippen molar-refractivity contribution in [2.75, 3.05) is 19.8 Å². The largest absolute Gasteiger partial charge is 0.438 e. The highest BCUT2D eigenvalue weighted by Gasteiger charge is 2.21. The van der Waals surface area contributed by atoms with Crippen LogP contribution >= 0.6 is 0 Å². The minimum Gasteiger partial charge on any atom is -0.388 e. The molecule has 1 aliphatic rings. The maximum absolute atomic E-state index is 12.9. The molecular formula is C14H16FN3O3. The van der Waals surface area contributed by atoms with E-state index in [0.29, 0.717) is 25.4 Å². The lowest BCUT2D eigenvalue weighted by molar-refractivity contribution is -0.0182. The summed E-state index contributed by atoms with van der Waals surface area (Å²) in [5, 5.41) is 4.17. The monoisotopic (exact) mass is 293 g/mol. The lowest BCUT2D eigenvalue weighted by atomic mass is 10.2. The first-order chi connectivity index (χ1) is 10.1. The first kappa shape index (κ1) is 14.0. The molecule has 1 aromatic carbocycles. The molecule has 2 aromatic rings. The number of halogens is 1. The zero-order valence-electron chi connectivity index (χ0n) is 11.7. The van der Waals surface area contributed by atoms with Gasteiger partial charge in [0, 0.05) is 18.2 Å². The quantitative estimate of drug-likeness (QED) is 0.854. The zero-order chi connectivity index (χ0) is 14.8. The maximum atomic E-state index is 12.9. The van der Waals surface area contributed by atoms with Crippen molar-refractivity contribution in [3.63, 3.8) is 0 Å².